The summed E-state index contributed by atoms with van der Waals surface area (Å²) in [5.74, 6) is -0.666. The normalized spacial score (nSPS) is 10.2. The number of benzene rings is 1. The van der Waals surface area contributed by atoms with E-state index in [1.165, 1.54) is 47.3 Å². The number of nitrogens with one attached hydrogen (secondary N) is 1. The topological polar surface area (TPSA) is 77.1 Å². The van der Waals surface area contributed by atoms with Crippen LogP contribution in [0.3, 0.4) is 0 Å². The average Bonchev–Trinajstić information content (AvgIpc) is 2.37. The molecule has 2 rings (SSSR count). The van der Waals surface area contributed by atoms with Crippen molar-refractivity contribution in [1.82, 2.24) is 4.57 Å². The molecule has 3 N–H and O–H groups in total. The van der Waals surface area contributed by atoms with Crippen molar-refractivity contribution in [2.75, 3.05) is 11.1 Å². The van der Waals surface area contributed by atoms with E-state index in [9.17, 15) is 14.0 Å². The van der Waals surface area contributed by atoms with Gasteiger partial charge in [-0.15, -0.1) is 0 Å². The maximum absolute atomic E-state index is 12.7. The monoisotopic (exact) mass is 261 g/mol. The molecule has 0 aliphatic carbocycles. The van der Waals surface area contributed by atoms with Crippen LogP contribution in [0.4, 0.5) is 15.8 Å². The molecule has 98 valence electrons. The largest absolute Gasteiger partial charge is 0.394 e. The number of hydrogen-bond acceptors (Lipinski definition) is 3. The van der Waals surface area contributed by atoms with Crippen molar-refractivity contribution in [1.29, 1.82) is 0 Å². The summed E-state index contributed by atoms with van der Waals surface area (Å²) in [6, 6.07) is 6.74. The number of pyridine rings is 1. The van der Waals surface area contributed by atoms with Gasteiger partial charge in [0.25, 0.3) is 0 Å². The number of rotatable bonds is 3. The number of nitrogens with zero attached hydrogens (tertiary/aromatic N) is 1. The second kappa shape index (κ2) is 5.34. The van der Waals surface area contributed by atoms with E-state index in [4.69, 9.17) is 5.73 Å². The minimum Gasteiger partial charge on any atom is -0.394 e. The van der Waals surface area contributed by atoms with Gasteiger partial charge in [-0.25, -0.2) is 4.39 Å². The zero-order chi connectivity index (χ0) is 13.8. The van der Waals surface area contributed by atoms with Crippen LogP contribution in [0, 0.1) is 5.82 Å². The first-order valence-electron chi connectivity index (χ1n) is 5.55. The van der Waals surface area contributed by atoms with Crippen molar-refractivity contribution in [3.63, 3.8) is 0 Å². The second-order valence-electron chi connectivity index (χ2n) is 3.99. The standard InChI is InChI=1S/C13H12FN3O2/c14-9-1-3-10(4-2-9)16-13(19)8-17-6-5-12(18)11(15)7-17/h1-7H,8,15H2,(H,16,19). The Morgan fingerprint density at radius 1 is 1.26 bits per heavy atom. The van der Waals surface area contributed by atoms with Gasteiger partial charge in [-0.1, -0.05) is 0 Å². The van der Waals surface area contributed by atoms with Crippen molar-refractivity contribution in [3.8, 4) is 0 Å². The van der Waals surface area contributed by atoms with Crippen molar-refractivity contribution in [2.24, 2.45) is 0 Å². The molecule has 1 amide bonds. The molecule has 1 heterocycles. The maximum Gasteiger partial charge on any atom is 0.244 e. The molecule has 6 heteroatoms. The third kappa shape index (κ3) is 3.41. The molecular formula is C13H12FN3O2. The van der Waals surface area contributed by atoms with Crippen LogP contribution in [0.25, 0.3) is 0 Å². The summed E-state index contributed by atoms with van der Waals surface area (Å²) in [6.07, 6.45) is 2.87. The molecule has 0 radical (unpaired) electrons. The summed E-state index contributed by atoms with van der Waals surface area (Å²) in [5, 5.41) is 2.61. The van der Waals surface area contributed by atoms with E-state index >= 15 is 0 Å². The SMILES string of the molecule is Nc1cn(CC(=O)Nc2ccc(F)cc2)ccc1=O. The Morgan fingerprint density at radius 2 is 1.95 bits per heavy atom. The van der Waals surface area contributed by atoms with Gasteiger partial charge in [0.1, 0.15) is 12.4 Å². The van der Waals surface area contributed by atoms with Crippen molar-refractivity contribution in [3.05, 3.63) is 58.8 Å². The van der Waals surface area contributed by atoms with Crippen LogP contribution < -0.4 is 16.5 Å². The average molecular weight is 261 g/mol. The number of hydrogen-bond donors (Lipinski definition) is 2. The van der Waals surface area contributed by atoms with Crippen molar-refractivity contribution in [2.45, 2.75) is 6.54 Å². The molecule has 1 aromatic carbocycles. The van der Waals surface area contributed by atoms with Gasteiger partial charge in [0.15, 0.2) is 0 Å². The molecule has 0 bridgehead atoms. The maximum atomic E-state index is 12.7. The first kappa shape index (κ1) is 12.8. The summed E-state index contributed by atoms with van der Waals surface area (Å²) in [6.45, 7) is 0.0157. The molecule has 5 nitrogen and oxygen atoms in total. The molecule has 0 aliphatic heterocycles. The Bertz CT molecular complexity index is 650. The van der Waals surface area contributed by atoms with Crippen molar-refractivity contribution < 1.29 is 9.18 Å². The van der Waals surface area contributed by atoms with Gasteiger partial charge in [0.2, 0.25) is 11.3 Å². The predicted octanol–water partition coefficient (Wildman–Crippen LogP) is 1.21. The van der Waals surface area contributed by atoms with E-state index in [1.807, 2.05) is 0 Å². The zero-order valence-corrected chi connectivity index (χ0v) is 9.97. The molecule has 0 unspecified atom stereocenters. The number of aromatic nitrogens is 1. The van der Waals surface area contributed by atoms with Gasteiger partial charge in [-0.05, 0) is 24.3 Å². The van der Waals surface area contributed by atoms with Crippen LogP contribution in [-0.4, -0.2) is 10.5 Å². The molecule has 0 saturated carbocycles. The predicted molar refractivity (Wildman–Crippen MR) is 70.1 cm³/mol. The van der Waals surface area contributed by atoms with E-state index in [0.29, 0.717) is 5.69 Å². The lowest BCUT2D eigenvalue weighted by Gasteiger charge is -2.08. The number of halogens is 1. The molecule has 0 atom stereocenters. The van der Waals surface area contributed by atoms with Gasteiger partial charge in [0.05, 0.1) is 5.69 Å². The highest BCUT2D eigenvalue weighted by Crippen LogP contribution is 2.08. The Balaban J connectivity index is 2.03. The molecule has 1 aromatic heterocycles. The third-order valence-corrected chi connectivity index (χ3v) is 2.46. The molecular weight excluding hydrogens is 249 g/mol. The quantitative estimate of drug-likeness (QED) is 0.871. The Morgan fingerprint density at radius 3 is 2.58 bits per heavy atom. The number of amides is 1. The lowest BCUT2D eigenvalue weighted by atomic mass is 10.3. The number of carbonyl (C=O) groups is 1. The smallest absolute Gasteiger partial charge is 0.244 e. The number of carbonyl (C=O) groups excluding carboxylic acids is 1. The first-order chi connectivity index (χ1) is 9.04. The van der Waals surface area contributed by atoms with Crippen LogP contribution in [-0.2, 0) is 11.3 Å². The number of nitrogens with two attached hydrogens (primary N) is 1. The minimum absolute atomic E-state index is 0.0157. The Hall–Kier alpha value is -2.63. The second-order valence-corrected chi connectivity index (χ2v) is 3.99. The van der Waals surface area contributed by atoms with E-state index in [0.717, 1.165) is 0 Å². The summed E-state index contributed by atoms with van der Waals surface area (Å²) in [7, 11) is 0. The fourth-order valence-electron chi connectivity index (χ4n) is 1.54. The summed E-state index contributed by atoms with van der Waals surface area (Å²) < 4.78 is 14.2. The van der Waals surface area contributed by atoms with Crippen molar-refractivity contribution >= 4 is 17.3 Å². The highest BCUT2D eigenvalue weighted by Gasteiger charge is 2.04. The van der Waals surface area contributed by atoms with Crippen LogP contribution >= 0.6 is 0 Å². The molecule has 19 heavy (non-hydrogen) atoms. The molecule has 0 fully saturated rings. The summed E-state index contributed by atoms with van der Waals surface area (Å²) in [5.41, 5.74) is 5.76. The highest BCUT2D eigenvalue weighted by molar-refractivity contribution is 5.90. The van der Waals surface area contributed by atoms with Crippen LogP contribution in [0.15, 0.2) is 47.5 Å². The van der Waals surface area contributed by atoms with Gasteiger partial charge >= 0.3 is 0 Å². The van der Waals surface area contributed by atoms with Gasteiger partial charge in [-0.2, -0.15) is 0 Å². The number of anilines is 2. The van der Waals surface area contributed by atoms with E-state index in [2.05, 4.69) is 5.32 Å². The van der Waals surface area contributed by atoms with E-state index in [-0.39, 0.29) is 29.4 Å². The summed E-state index contributed by atoms with van der Waals surface area (Å²) in [4.78, 5) is 22.8. The lowest BCUT2D eigenvalue weighted by Crippen LogP contribution is -2.20. The summed E-state index contributed by atoms with van der Waals surface area (Å²) >= 11 is 0. The molecule has 2 aromatic rings. The Kier molecular flexibility index (Phi) is 3.61. The molecule has 0 aliphatic rings. The van der Waals surface area contributed by atoms with E-state index in [1.54, 1.807) is 0 Å². The minimum atomic E-state index is -0.369. The zero-order valence-electron chi connectivity index (χ0n) is 9.97. The molecule has 0 saturated heterocycles. The van der Waals surface area contributed by atoms with Crippen LogP contribution in [0.2, 0.25) is 0 Å². The van der Waals surface area contributed by atoms with Crippen LogP contribution in [0.5, 0.6) is 0 Å². The third-order valence-electron chi connectivity index (χ3n) is 2.46. The highest BCUT2D eigenvalue weighted by atomic mass is 19.1. The Labute approximate surface area is 108 Å². The fraction of sp³-hybridized carbons (Fsp3) is 0.0769. The lowest BCUT2D eigenvalue weighted by molar-refractivity contribution is -0.116. The molecule has 0 spiro atoms. The van der Waals surface area contributed by atoms with E-state index < -0.39 is 0 Å². The van der Waals surface area contributed by atoms with Gasteiger partial charge < -0.3 is 15.6 Å². The number of nitrogen functional groups attached to an aromatic ring is 1. The first-order valence-corrected chi connectivity index (χ1v) is 5.55. The van der Waals surface area contributed by atoms with Gasteiger partial charge in [0, 0.05) is 24.1 Å². The van der Waals surface area contributed by atoms with Gasteiger partial charge in [-0.3, -0.25) is 9.59 Å². The van der Waals surface area contributed by atoms with Crippen LogP contribution in [0.1, 0.15) is 0 Å². The fourth-order valence-corrected chi connectivity index (χ4v) is 1.54.